The number of benzene rings is 1. The highest BCUT2D eigenvalue weighted by Crippen LogP contribution is 2.16. The van der Waals surface area contributed by atoms with Gasteiger partial charge in [0.05, 0.1) is 12.7 Å². The molecule has 2 N–H and O–H groups in total. The maximum atomic E-state index is 11.2. The minimum Gasteiger partial charge on any atom is -0.465 e. The van der Waals surface area contributed by atoms with E-state index >= 15 is 0 Å². The van der Waals surface area contributed by atoms with Gasteiger partial charge in [-0.25, -0.2) is 4.79 Å². The number of ether oxygens (including phenoxy) is 1. The van der Waals surface area contributed by atoms with Crippen LogP contribution in [0.5, 0.6) is 0 Å². The molecule has 0 aromatic heterocycles. The van der Waals surface area contributed by atoms with Crippen molar-refractivity contribution in [2.24, 2.45) is 5.73 Å². The molecule has 0 spiro atoms. The highest BCUT2D eigenvalue weighted by atomic mass is 35.5. The van der Waals surface area contributed by atoms with Crippen LogP contribution in [0.15, 0.2) is 24.3 Å². The van der Waals surface area contributed by atoms with Crippen molar-refractivity contribution in [1.82, 2.24) is 0 Å². The van der Waals surface area contributed by atoms with Crippen LogP contribution in [-0.4, -0.2) is 13.1 Å². The van der Waals surface area contributed by atoms with Gasteiger partial charge in [-0.15, -0.1) is 12.4 Å². The molecule has 0 saturated carbocycles. The minimum atomic E-state index is -0.314. The van der Waals surface area contributed by atoms with Crippen LogP contribution in [0, 0.1) is 0 Å². The summed E-state index contributed by atoms with van der Waals surface area (Å²) in [5.41, 5.74) is 7.57. The summed E-state index contributed by atoms with van der Waals surface area (Å²) in [5, 5.41) is 0. The van der Waals surface area contributed by atoms with Crippen molar-refractivity contribution in [3.8, 4) is 0 Å². The smallest absolute Gasteiger partial charge is 0.337 e. The summed E-state index contributed by atoms with van der Waals surface area (Å²) in [6, 6.07) is 7.31. The van der Waals surface area contributed by atoms with Gasteiger partial charge in [0.25, 0.3) is 0 Å². The third-order valence-corrected chi connectivity index (χ3v) is 2.36. The van der Waals surface area contributed by atoms with E-state index in [2.05, 4.69) is 11.7 Å². The first kappa shape index (κ1) is 14.9. The summed E-state index contributed by atoms with van der Waals surface area (Å²) in [5.74, 6) is -0.314. The molecule has 90 valence electrons. The van der Waals surface area contributed by atoms with Crippen LogP contribution >= 0.6 is 12.4 Å². The summed E-state index contributed by atoms with van der Waals surface area (Å²) in [6.45, 7) is 2.10. The summed E-state index contributed by atoms with van der Waals surface area (Å²) < 4.78 is 4.61. The predicted molar refractivity (Wildman–Crippen MR) is 66.9 cm³/mol. The van der Waals surface area contributed by atoms with Crippen LogP contribution in [-0.2, 0) is 4.74 Å². The summed E-state index contributed by atoms with van der Waals surface area (Å²) in [6.07, 6.45) is 2.01. The summed E-state index contributed by atoms with van der Waals surface area (Å²) >= 11 is 0. The number of hydrogen-bond acceptors (Lipinski definition) is 3. The van der Waals surface area contributed by atoms with Gasteiger partial charge in [-0.05, 0) is 24.1 Å². The molecule has 0 aliphatic heterocycles. The first-order valence-electron chi connectivity index (χ1n) is 5.13. The first-order valence-corrected chi connectivity index (χ1v) is 5.13. The number of carbonyl (C=O) groups excluding carboxylic acids is 1. The van der Waals surface area contributed by atoms with Crippen molar-refractivity contribution < 1.29 is 9.53 Å². The number of rotatable bonds is 4. The number of carbonyl (C=O) groups is 1. The van der Waals surface area contributed by atoms with E-state index in [1.807, 2.05) is 12.1 Å². The molecule has 1 aromatic rings. The maximum absolute atomic E-state index is 11.2. The van der Waals surface area contributed by atoms with Gasteiger partial charge < -0.3 is 10.5 Å². The Labute approximate surface area is 102 Å². The fraction of sp³-hybridized carbons (Fsp3) is 0.417. The second-order valence-corrected chi connectivity index (χ2v) is 3.51. The SMILES string of the molecule is CCC[C@H](N)c1ccc(C(=O)OC)cc1.Cl. The van der Waals surface area contributed by atoms with Crippen LogP contribution in [0.2, 0.25) is 0 Å². The zero-order valence-electron chi connectivity index (χ0n) is 9.60. The molecule has 0 aliphatic carbocycles. The lowest BCUT2D eigenvalue weighted by Gasteiger charge is -2.10. The van der Waals surface area contributed by atoms with E-state index in [0.29, 0.717) is 5.56 Å². The van der Waals surface area contributed by atoms with Gasteiger partial charge in [0.2, 0.25) is 0 Å². The second-order valence-electron chi connectivity index (χ2n) is 3.51. The Morgan fingerprint density at radius 3 is 2.38 bits per heavy atom. The molecule has 0 radical (unpaired) electrons. The molecular formula is C12H18ClNO2. The van der Waals surface area contributed by atoms with Crippen LogP contribution in [0.4, 0.5) is 0 Å². The largest absolute Gasteiger partial charge is 0.465 e. The standard InChI is InChI=1S/C12H17NO2.ClH/c1-3-4-11(13)9-5-7-10(8-6-9)12(14)15-2;/h5-8,11H,3-4,13H2,1-2H3;1H/t11-;/m0./s1. The van der Waals surface area contributed by atoms with Gasteiger partial charge >= 0.3 is 5.97 Å². The molecule has 0 saturated heterocycles. The topological polar surface area (TPSA) is 52.3 Å². The van der Waals surface area contributed by atoms with Crippen LogP contribution in [0.3, 0.4) is 0 Å². The van der Waals surface area contributed by atoms with Crippen molar-refractivity contribution in [1.29, 1.82) is 0 Å². The fourth-order valence-corrected chi connectivity index (χ4v) is 1.46. The predicted octanol–water partition coefficient (Wildman–Crippen LogP) is 2.69. The lowest BCUT2D eigenvalue weighted by Crippen LogP contribution is -2.10. The van der Waals surface area contributed by atoms with E-state index in [0.717, 1.165) is 18.4 Å². The van der Waals surface area contributed by atoms with E-state index in [9.17, 15) is 4.79 Å². The Kier molecular flexibility index (Phi) is 6.77. The summed E-state index contributed by atoms with van der Waals surface area (Å²) in [7, 11) is 1.37. The molecule has 0 heterocycles. The Bertz CT molecular complexity index is 324. The molecule has 3 nitrogen and oxygen atoms in total. The fourth-order valence-electron chi connectivity index (χ4n) is 1.46. The third kappa shape index (κ3) is 3.83. The molecule has 0 fully saturated rings. The molecule has 0 aliphatic rings. The summed E-state index contributed by atoms with van der Waals surface area (Å²) in [4.78, 5) is 11.2. The molecular weight excluding hydrogens is 226 g/mol. The van der Waals surface area contributed by atoms with Gasteiger partial charge in [0.1, 0.15) is 0 Å². The molecule has 0 unspecified atom stereocenters. The third-order valence-electron chi connectivity index (χ3n) is 2.36. The van der Waals surface area contributed by atoms with Crippen molar-refractivity contribution in [2.75, 3.05) is 7.11 Å². The van der Waals surface area contributed by atoms with Crippen molar-refractivity contribution >= 4 is 18.4 Å². The second kappa shape index (κ2) is 7.25. The molecule has 0 amide bonds. The monoisotopic (exact) mass is 243 g/mol. The number of hydrogen-bond donors (Lipinski definition) is 1. The molecule has 4 heteroatoms. The van der Waals surface area contributed by atoms with Gasteiger partial charge in [-0.1, -0.05) is 25.5 Å². The Morgan fingerprint density at radius 2 is 1.94 bits per heavy atom. The highest BCUT2D eigenvalue weighted by Gasteiger charge is 2.07. The quantitative estimate of drug-likeness (QED) is 0.828. The van der Waals surface area contributed by atoms with Crippen LogP contribution < -0.4 is 5.73 Å². The van der Waals surface area contributed by atoms with Crippen LogP contribution in [0.1, 0.15) is 41.7 Å². The van der Waals surface area contributed by atoms with E-state index in [1.54, 1.807) is 12.1 Å². The number of methoxy groups -OCH3 is 1. The Hall–Kier alpha value is -1.06. The molecule has 0 bridgehead atoms. The van der Waals surface area contributed by atoms with Crippen molar-refractivity contribution in [3.63, 3.8) is 0 Å². The molecule has 1 aromatic carbocycles. The highest BCUT2D eigenvalue weighted by molar-refractivity contribution is 5.89. The molecule has 1 rings (SSSR count). The minimum absolute atomic E-state index is 0. The van der Waals surface area contributed by atoms with E-state index in [4.69, 9.17) is 5.73 Å². The van der Waals surface area contributed by atoms with E-state index in [-0.39, 0.29) is 24.4 Å². The van der Waals surface area contributed by atoms with Gasteiger partial charge in [-0.2, -0.15) is 0 Å². The van der Waals surface area contributed by atoms with Crippen molar-refractivity contribution in [2.45, 2.75) is 25.8 Å². The Morgan fingerprint density at radius 1 is 1.38 bits per heavy atom. The number of nitrogens with two attached hydrogens (primary N) is 1. The van der Waals surface area contributed by atoms with Crippen molar-refractivity contribution in [3.05, 3.63) is 35.4 Å². The average Bonchev–Trinajstić information content (AvgIpc) is 2.28. The van der Waals surface area contributed by atoms with E-state index in [1.165, 1.54) is 7.11 Å². The molecule has 1 atom stereocenters. The van der Waals surface area contributed by atoms with Gasteiger partial charge in [-0.3, -0.25) is 0 Å². The average molecular weight is 244 g/mol. The number of halogens is 1. The number of esters is 1. The zero-order chi connectivity index (χ0) is 11.3. The lowest BCUT2D eigenvalue weighted by atomic mass is 10.0. The van der Waals surface area contributed by atoms with E-state index < -0.39 is 0 Å². The zero-order valence-corrected chi connectivity index (χ0v) is 10.4. The lowest BCUT2D eigenvalue weighted by molar-refractivity contribution is 0.0600. The van der Waals surface area contributed by atoms with Gasteiger partial charge in [0.15, 0.2) is 0 Å². The normalized spacial score (nSPS) is 11.4. The van der Waals surface area contributed by atoms with Gasteiger partial charge in [0, 0.05) is 6.04 Å². The first-order chi connectivity index (χ1) is 7.19. The van der Waals surface area contributed by atoms with Crippen LogP contribution in [0.25, 0.3) is 0 Å². The maximum Gasteiger partial charge on any atom is 0.337 e. The molecule has 16 heavy (non-hydrogen) atoms. The Balaban J connectivity index is 0.00000225.